The highest BCUT2D eigenvalue weighted by atomic mass is 32.2. The van der Waals surface area contributed by atoms with Crippen LogP contribution in [0.3, 0.4) is 0 Å². The first-order valence-corrected chi connectivity index (χ1v) is 7.33. The number of carbonyl (C=O) groups is 2. The highest BCUT2D eigenvalue weighted by Gasteiger charge is 2.41. The van der Waals surface area contributed by atoms with Crippen molar-refractivity contribution in [2.45, 2.75) is 19.0 Å². The number of nitrogens with two attached hydrogens (primary N) is 1. The van der Waals surface area contributed by atoms with Crippen LogP contribution in [0.15, 0.2) is 0 Å². The molecule has 1 saturated heterocycles. The fraction of sp³-hybridized carbons (Fsp3) is 0.778. The third-order valence-electron chi connectivity index (χ3n) is 2.56. The van der Waals surface area contributed by atoms with E-state index in [1.165, 1.54) is 5.32 Å². The Morgan fingerprint density at radius 2 is 2.11 bits per heavy atom. The number of hydrogen-bond acceptors (Lipinski definition) is 6. The largest absolute Gasteiger partial charge is 0.544 e. The molecule has 2 atom stereocenters. The minimum absolute atomic E-state index is 0.169. The average molecular weight is 280 g/mol. The van der Waals surface area contributed by atoms with Gasteiger partial charge in [0.2, 0.25) is 0 Å². The van der Waals surface area contributed by atoms with Crippen LogP contribution < -0.4 is 15.7 Å². The van der Waals surface area contributed by atoms with E-state index in [-0.39, 0.29) is 24.7 Å². The molecule has 0 unspecified atom stereocenters. The molecule has 1 amide bonds. The Kier molecular flexibility index (Phi) is 4.91. The van der Waals surface area contributed by atoms with Crippen LogP contribution in [0.5, 0.6) is 0 Å². The summed E-state index contributed by atoms with van der Waals surface area (Å²) >= 11 is 0. The summed E-state index contributed by atoms with van der Waals surface area (Å²) in [7, 11) is -3.27. The highest BCUT2D eigenvalue weighted by molar-refractivity contribution is 7.91. The lowest BCUT2D eigenvalue weighted by Crippen LogP contribution is -2.95. The summed E-state index contributed by atoms with van der Waals surface area (Å²) in [6.07, 6.45) is -0.702. The van der Waals surface area contributed by atoms with E-state index >= 15 is 0 Å². The molecule has 0 spiro atoms. The van der Waals surface area contributed by atoms with Gasteiger partial charge in [-0.15, -0.1) is 0 Å². The van der Waals surface area contributed by atoms with Gasteiger partial charge in [-0.3, -0.25) is 0 Å². The number of carbonyl (C=O) groups excluding carboxylic acids is 2. The zero-order chi connectivity index (χ0) is 13.8. The summed E-state index contributed by atoms with van der Waals surface area (Å²) in [5.74, 6) is -1.66. The molecule has 8 nitrogen and oxygen atoms in total. The molecule has 0 aromatic rings. The molecule has 0 aromatic heterocycles. The lowest BCUT2D eigenvalue weighted by Gasteiger charge is -2.17. The van der Waals surface area contributed by atoms with Crippen molar-refractivity contribution in [3.63, 3.8) is 0 Å². The number of aliphatic carboxylic acids is 1. The van der Waals surface area contributed by atoms with Gasteiger partial charge in [0, 0.05) is 0 Å². The van der Waals surface area contributed by atoms with E-state index in [0.717, 1.165) is 0 Å². The van der Waals surface area contributed by atoms with E-state index < -0.39 is 34.0 Å². The summed E-state index contributed by atoms with van der Waals surface area (Å²) in [5.41, 5.74) is 0. The van der Waals surface area contributed by atoms with Gasteiger partial charge in [-0.25, -0.2) is 13.2 Å². The van der Waals surface area contributed by atoms with Crippen molar-refractivity contribution in [2.75, 3.05) is 24.7 Å². The predicted octanol–water partition coefficient (Wildman–Crippen LogP) is -3.79. The summed E-state index contributed by atoms with van der Waals surface area (Å²) in [5, 5.41) is 14.1. The Balaban J connectivity index is 2.61. The maximum Gasteiger partial charge on any atom is 0.407 e. The lowest BCUT2D eigenvalue weighted by atomic mass is 10.2. The van der Waals surface area contributed by atoms with E-state index in [2.05, 4.69) is 10.1 Å². The standard InChI is InChI=1S/C9H16N2O6S/c1-2-17-9(14)11-7-5-18(15,16)4-6(7)10-3-8(12)13/h6-7,10H,2-5H2,1H3,(H,11,14)(H,12,13)/t6-,7-/m0/s1. The van der Waals surface area contributed by atoms with E-state index in [9.17, 15) is 23.1 Å². The van der Waals surface area contributed by atoms with Crippen LogP contribution in [0.4, 0.5) is 4.79 Å². The molecule has 3 N–H and O–H groups in total. The Morgan fingerprint density at radius 3 is 2.67 bits per heavy atom. The number of amides is 1. The first-order valence-electron chi connectivity index (χ1n) is 5.51. The van der Waals surface area contributed by atoms with Crippen molar-refractivity contribution in [3.8, 4) is 0 Å². The van der Waals surface area contributed by atoms with Gasteiger partial charge in [0.1, 0.15) is 18.3 Å². The molecule has 0 radical (unpaired) electrons. The predicted molar refractivity (Wildman–Crippen MR) is 58.2 cm³/mol. The van der Waals surface area contributed by atoms with Gasteiger partial charge in [0.05, 0.1) is 24.4 Å². The first-order chi connectivity index (χ1) is 8.34. The van der Waals surface area contributed by atoms with Crippen LogP contribution in [0.2, 0.25) is 0 Å². The quantitative estimate of drug-likeness (QED) is 0.531. The Hall–Kier alpha value is -1.35. The third-order valence-corrected chi connectivity index (χ3v) is 4.32. The van der Waals surface area contributed by atoms with Crippen molar-refractivity contribution in [3.05, 3.63) is 0 Å². The maximum atomic E-state index is 11.5. The smallest absolute Gasteiger partial charge is 0.407 e. The van der Waals surface area contributed by atoms with Gasteiger partial charge in [0.25, 0.3) is 0 Å². The second-order valence-corrected chi connectivity index (χ2v) is 6.18. The number of nitrogens with one attached hydrogen (secondary N) is 1. The number of rotatable bonds is 5. The molecule has 1 aliphatic heterocycles. The molecular formula is C9H16N2O6S. The Labute approximate surface area is 105 Å². The summed E-state index contributed by atoms with van der Waals surface area (Å²) in [6, 6.07) is -1.18. The van der Waals surface area contributed by atoms with E-state index in [1.807, 2.05) is 0 Å². The number of hydrogen-bond donors (Lipinski definition) is 2. The molecule has 0 saturated carbocycles. The van der Waals surface area contributed by atoms with E-state index in [1.54, 1.807) is 6.92 Å². The second kappa shape index (κ2) is 6.01. The van der Waals surface area contributed by atoms with Crippen LogP contribution in [-0.2, 0) is 19.4 Å². The van der Waals surface area contributed by atoms with Crippen molar-refractivity contribution in [1.82, 2.24) is 5.32 Å². The van der Waals surface area contributed by atoms with Gasteiger partial charge in [-0.2, -0.15) is 0 Å². The van der Waals surface area contributed by atoms with Crippen molar-refractivity contribution in [2.24, 2.45) is 0 Å². The van der Waals surface area contributed by atoms with E-state index in [4.69, 9.17) is 0 Å². The molecule has 1 fully saturated rings. The molecule has 1 heterocycles. The fourth-order valence-corrected chi connectivity index (χ4v) is 3.80. The summed E-state index contributed by atoms with van der Waals surface area (Å²) < 4.78 is 27.6. The van der Waals surface area contributed by atoms with E-state index in [0.29, 0.717) is 0 Å². The summed E-state index contributed by atoms with van der Waals surface area (Å²) in [4.78, 5) is 21.6. The van der Waals surface area contributed by atoms with Crippen LogP contribution in [0.1, 0.15) is 6.92 Å². The first kappa shape index (κ1) is 14.7. The molecule has 0 aliphatic carbocycles. The van der Waals surface area contributed by atoms with Gasteiger partial charge in [-0.1, -0.05) is 0 Å². The minimum Gasteiger partial charge on any atom is -0.544 e. The van der Waals surface area contributed by atoms with Crippen molar-refractivity contribution in [1.29, 1.82) is 0 Å². The zero-order valence-electron chi connectivity index (χ0n) is 9.92. The van der Waals surface area contributed by atoms with Gasteiger partial charge >= 0.3 is 6.09 Å². The SMILES string of the molecule is CCOC(=O)N[C@H]1CS(=O)(=O)C[C@@H]1[NH2+]CC(=O)[O-]. The molecule has 0 bridgehead atoms. The number of carboxylic acid groups (broad SMARTS) is 1. The van der Waals surface area contributed by atoms with Gasteiger partial charge in [0.15, 0.2) is 9.84 Å². The monoisotopic (exact) mass is 280 g/mol. The maximum absolute atomic E-state index is 11.5. The minimum atomic E-state index is -3.27. The van der Waals surface area contributed by atoms with Crippen LogP contribution in [-0.4, -0.2) is 57.2 Å². The van der Waals surface area contributed by atoms with Gasteiger partial charge < -0.3 is 25.3 Å². The Morgan fingerprint density at radius 1 is 1.44 bits per heavy atom. The fourth-order valence-electron chi connectivity index (χ4n) is 1.83. The number of quaternary nitrogens is 1. The average Bonchev–Trinajstić information content (AvgIpc) is 2.50. The number of ether oxygens (including phenoxy) is 1. The normalized spacial score (nSPS) is 25.6. The topological polar surface area (TPSA) is 129 Å². The molecule has 18 heavy (non-hydrogen) atoms. The molecule has 1 rings (SSSR count). The van der Waals surface area contributed by atoms with Crippen LogP contribution in [0, 0.1) is 0 Å². The number of alkyl carbamates (subject to hydrolysis) is 1. The van der Waals surface area contributed by atoms with Crippen molar-refractivity contribution >= 4 is 21.9 Å². The number of sulfone groups is 1. The Bertz CT molecular complexity index is 421. The molecule has 0 aromatic carbocycles. The lowest BCUT2D eigenvalue weighted by molar-refractivity contribution is -0.681. The summed E-state index contributed by atoms with van der Waals surface area (Å²) in [6.45, 7) is 1.46. The zero-order valence-corrected chi connectivity index (χ0v) is 10.7. The number of carboxylic acids is 1. The molecule has 9 heteroatoms. The highest BCUT2D eigenvalue weighted by Crippen LogP contribution is 2.10. The van der Waals surface area contributed by atoms with Crippen LogP contribution >= 0.6 is 0 Å². The molecule has 104 valence electrons. The molecular weight excluding hydrogens is 264 g/mol. The van der Waals surface area contributed by atoms with Gasteiger partial charge in [-0.05, 0) is 6.92 Å². The third kappa shape index (κ3) is 4.49. The van der Waals surface area contributed by atoms with Crippen molar-refractivity contribution < 1.29 is 33.2 Å². The van der Waals surface area contributed by atoms with Crippen LogP contribution in [0.25, 0.3) is 0 Å². The second-order valence-electron chi connectivity index (χ2n) is 4.02. The molecule has 1 aliphatic rings.